The molecule has 3 rings (SSSR count). The number of amides is 1. The van der Waals surface area contributed by atoms with E-state index < -0.39 is 0 Å². The zero-order valence-corrected chi connectivity index (χ0v) is 13.0. The smallest absolute Gasteiger partial charge is 0.227 e. The van der Waals surface area contributed by atoms with Gasteiger partial charge in [0.05, 0.1) is 12.2 Å². The third kappa shape index (κ3) is 3.60. The Bertz CT molecular complexity index is 504. The molecule has 0 unspecified atom stereocenters. The van der Waals surface area contributed by atoms with Gasteiger partial charge in [-0.05, 0) is 44.1 Å². The number of hydrogen-bond donors (Lipinski definition) is 2. The number of nitrogens with one attached hydrogen (secondary N) is 2. The third-order valence-corrected chi connectivity index (χ3v) is 4.03. The summed E-state index contributed by atoms with van der Waals surface area (Å²) in [5.74, 6) is 1.14. The molecule has 5 nitrogen and oxygen atoms in total. The Morgan fingerprint density at radius 3 is 2.90 bits per heavy atom. The fourth-order valence-corrected chi connectivity index (χ4v) is 2.76. The molecule has 116 valence electrons. The normalized spacial score (nSPS) is 18.2. The SMILES string of the molecule is CN1CCOc2ccc(NC(=O)C3CCNCC3)cc21.Cl. The summed E-state index contributed by atoms with van der Waals surface area (Å²) in [7, 11) is 2.04. The van der Waals surface area contributed by atoms with E-state index in [0.717, 1.165) is 49.6 Å². The molecule has 1 amide bonds. The molecule has 1 aromatic carbocycles. The zero-order chi connectivity index (χ0) is 13.9. The lowest BCUT2D eigenvalue weighted by atomic mass is 9.97. The van der Waals surface area contributed by atoms with Crippen molar-refractivity contribution < 1.29 is 9.53 Å². The summed E-state index contributed by atoms with van der Waals surface area (Å²) in [5, 5.41) is 6.31. The number of anilines is 2. The van der Waals surface area contributed by atoms with Crippen LogP contribution in [0.1, 0.15) is 12.8 Å². The van der Waals surface area contributed by atoms with Gasteiger partial charge in [0.15, 0.2) is 0 Å². The van der Waals surface area contributed by atoms with Crippen molar-refractivity contribution in [2.75, 3.05) is 43.5 Å². The molecule has 1 saturated heterocycles. The first-order chi connectivity index (χ1) is 9.74. The molecule has 0 bridgehead atoms. The van der Waals surface area contributed by atoms with Crippen molar-refractivity contribution in [3.05, 3.63) is 18.2 Å². The number of fused-ring (bicyclic) bond motifs is 1. The third-order valence-electron chi connectivity index (χ3n) is 4.03. The maximum atomic E-state index is 12.2. The van der Waals surface area contributed by atoms with Gasteiger partial charge in [-0.1, -0.05) is 0 Å². The molecule has 2 N–H and O–H groups in total. The van der Waals surface area contributed by atoms with Crippen molar-refractivity contribution in [2.24, 2.45) is 5.92 Å². The molecule has 21 heavy (non-hydrogen) atoms. The van der Waals surface area contributed by atoms with Crippen molar-refractivity contribution in [1.82, 2.24) is 5.32 Å². The standard InChI is InChI=1S/C15H21N3O2.ClH/c1-18-8-9-20-14-3-2-12(10-13(14)18)17-15(19)11-4-6-16-7-5-11;/h2-3,10-11,16H,4-9H2,1H3,(H,17,19);1H. The van der Waals surface area contributed by atoms with Gasteiger partial charge < -0.3 is 20.3 Å². The quantitative estimate of drug-likeness (QED) is 0.875. The topological polar surface area (TPSA) is 53.6 Å². The summed E-state index contributed by atoms with van der Waals surface area (Å²) in [4.78, 5) is 14.4. The van der Waals surface area contributed by atoms with E-state index in [1.807, 2.05) is 25.2 Å². The molecule has 2 aliphatic rings. The van der Waals surface area contributed by atoms with Crippen molar-refractivity contribution in [1.29, 1.82) is 0 Å². The Balaban J connectivity index is 0.00000161. The molecule has 0 saturated carbocycles. The van der Waals surface area contributed by atoms with Crippen LogP contribution in [0.4, 0.5) is 11.4 Å². The summed E-state index contributed by atoms with van der Waals surface area (Å²) in [6.45, 7) is 3.45. The molecule has 6 heteroatoms. The van der Waals surface area contributed by atoms with Gasteiger partial charge in [-0.3, -0.25) is 4.79 Å². The number of ether oxygens (including phenoxy) is 1. The first-order valence-electron chi connectivity index (χ1n) is 7.23. The van der Waals surface area contributed by atoms with Gasteiger partial charge >= 0.3 is 0 Å². The predicted molar refractivity (Wildman–Crippen MR) is 86.7 cm³/mol. The second kappa shape index (κ2) is 7.00. The maximum Gasteiger partial charge on any atom is 0.227 e. The fraction of sp³-hybridized carbons (Fsp3) is 0.533. The molecule has 1 aromatic rings. The van der Waals surface area contributed by atoms with Crippen LogP contribution in [-0.4, -0.2) is 39.2 Å². The highest BCUT2D eigenvalue weighted by Gasteiger charge is 2.22. The number of hydrogen-bond acceptors (Lipinski definition) is 4. The molecule has 0 atom stereocenters. The lowest BCUT2D eigenvalue weighted by molar-refractivity contribution is -0.120. The van der Waals surface area contributed by atoms with Crippen LogP contribution in [0.25, 0.3) is 0 Å². The minimum absolute atomic E-state index is 0. The largest absolute Gasteiger partial charge is 0.490 e. The Morgan fingerprint density at radius 1 is 1.38 bits per heavy atom. The molecule has 0 radical (unpaired) electrons. The van der Waals surface area contributed by atoms with Crippen LogP contribution in [0.3, 0.4) is 0 Å². The summed E-state index contributed by atoms with van der Waals surface area (Å²) < 4.78 is 5.61. The van der Waals surface area contributed by atoms with E-state index in [0.29, 0.717) is 6.61 Å². The van der Waals surface area contributed by atoms with E-state index in [4.69, 9.17) is 4.74 Å². The minimum Gasteiger partial charge on any atom is -0.490 e. The van der Waals surface area contributed by atoms with E-state index in [9.17, 15) is 4.79 Å². The average molecular weight is 312 g/mol. The Labute approximate surface area is 131 Å². The van der Waals surface area contributed by atoms with Crippen molar-refractivity contribution in [3.8, 4) is 5.75 Å². The molecule has 0 spiro atoms. The van der Waals surface area contributed by atoms with E-state index in [-0.39, 0.29) is 24.2 Å². The molecule has 2 aliphatic heterocycles. The van der Waals surface area contributed by atoms with E-state index in [1.165, 1.54) is 0 Å². The second-order valence-corrected chi connectivity index (χ2v) is 5.47. The molecule has 1 fully saturated rings. The Morgan fingerprint density at radius 2 is 2.14 bits per heavy atom. The van der Waals surface area contributed by atoms with Crippen molar-refractivity contribution in [2.45, 2.75) is 12.8 Å². The van der Waals surface area contributed by atoms with Crippen molar-refractivity contribution in [3.63, 3.8) is 0 Å². The number of likely N-dealkylation sites (N-methyl/N-ethyl adjacent to an activating group) is 1. The lowest BCUT2D eigenvalue weighted by Crippen LogP contribution is -2.34. The molecule has 0 aromatic heterocycles. The first-order valence-corrected chi connectivity index (χ1v) is 7.23. The maximum absolute atomic E-state index is 12.2. The molecule has 0 aliphatic carbocycles. The number of halogens is 1. The van der Waals surface area contributed by atoms with Gasteiger partial charge in [0.1, 0.15) is 12.4 Å². The van der Waals surface area contributed by atoms with Crippen molar-refractivity contribution >= 4 is 29.7 Å². The van der Waals surface area contributed by atoms with Gasteiger partial charge in [0.25, 0.3) is 0 Å². The van der Waals surface area contributed by atoms with Crippen LogP contribution >= 0.6 is 12.4 Å². The molecular weight excluding hydrogens is 290 g/mol. The monoisotopic (exact) mass is 311 g/mol. The second-order valence-electron chi connectivity index (χ2n) is 5.47. The number of piperidine rings is 1. The Kier molecular flexibility index (Phi) is 5.31. The van der Waals surface area contributed by atoms with Gasteiger partial charge in [-0.15, -0.1) is 12.4 Å². The highest BCUT2D eigenvalue weighted by atomic mass is 35.5. The predicted octanol–water partition coefficient (Wildman–Crippen LogP) is 1.88. The average Bonchev–Trinajstić information content (AvgIpc) is 2.49. The van der Waals surface area contributed by atoms with Crippen LogP contribution in [0, 0.1) is 5.92 Å². The fourth-order valence-electron chi connectivity index (χ4n) is 2.76. The number of carbonyl (C=O) groups is 1. The van der Waals surface area contributed by atoms with Gasteiger partial charge in [-0.25, -0.2) is 0 Å². The number of nitrogens with zero attached hydrogens (tertiary/aromatic N) is 1. The number of rotatable bonds is 2. The van der Waals surface area contributed by atoms with Gasteiger partial charge in [0.2, 0.25) is 5.91 Å². The van der Waals surface area contributed by atoms with E-state index in [1.54, 1.807) is 0 Å². The highest BCUT2D eigenvalue weighted by Crippen LogP contribution is 2.33. The van der Waals surface area contributed by atoms with Crippen LogP contribution in [-0.2, 0) is 4.79 Å². The summed E-state index contributed by atoms with van der Waals surface area (Å²) in [6, 6.07) is 5.84. The number of carbonyl (C=O) groups excluding carboxylic acids is 1. The van der Waals surface area contributed by atoms with Gasteiger partial charge in [-0.2, -0.15) is 0 Å². The Hall–Kier alpha value is -1.46. The van der Waals surface area contributed by atoms with Crippen LogP contribution in [0.2, 0.25) is 0 Å². The zero-order valence-electron chi connectivity index (χ0n) is 12.2. The summed E-state index contributed by atoms with van der Waals surface area (Å²) >= 11 is 0. The summed E-state index contributed by atoms with van der Waals surface area (Å²) in [5.41, 5.74) is 1.89. The minimum atomic E-state index is 0. The van der Waals surface area contributed by atoms with Crippen LogP contribution < -0.4 is 20.3 Å². The van der Waals surface area contributed by atoms with Crippen LogP contribution in [0.15, 0.2) is 18.2 Å². The summed E-state index contributed by atoms with van der Waals surface area (Å²) in [6.07, 6.45) is 1.83. The van der Waals surface area contributed by atoms with E-state index >= 15 is 0 Å². The lowest BCUT2D eigenvalue weighted by Gasteiger charge is -2.28. The number of benzene rings is 1. The van der Waals surface area contributed by atoms with Crippen LogP contribution in [0.5, 0.6) is 5.75 Å². The molecule has 2 heterocycles. The highest BCUT2D eigenvalue weighted by molar-refractivity contribution is 5.93. The first kappa shape index (κ1) is 15.9. The van der Waals surface area contributed by atoms with Gasteiger partial charge in [0, 0.05) is 18.7 Å². The van der Waals surface area contributed by atoms with E-state index in [2.05, 4.69) is 15.5 Å². The molecular formula is C15H22ClN3O2.